The van der Waals surface area contributed by atoms with Crippen LogP contribution in [0.25, 0.3) is 0 Å². The van der Waals surface area contributed by atoms with Crippen LogP contribution in [0.4, 0.5) is 0 Å². The van der Waals surface area contributed by atoms with Gasteiger partial charge in [-0.15, -0.1) is 0 Å². The van der Waals surface area contributed by atoms with E-state index in [1.165, 1.54) is 11.2 Å². The maximum Gasteiger partial charge on any atom is 0.323 e. The third-order valence-electron chi connectivity index (χ3n) is 3.13. The number of sulfonamides is 1. The lowest BCUT2D eigenvalue weighted by Crippen LogP contribution is -2.51. The van der Waals surface area contributed by atoms with Gasteiger partial charge in [0.1, 0.15) is 0 Å². The van der Waals surface area contributed by atoms with Crippen molar-refractivity contribution in [1.29, 1.82) is 0 Å². The summed E-state index contributed by atoms with van der Waals surface area (Å²) in [6.07, 6.45) is 2.57. The monoisotopic (exact) mass is 264 g/mol. The zero-order valence-corrected chi connectivity index (χ0v) is 11.0. The Bertz CT molecular complexity index is 367. The van der Waals surface area contributed by atoms with Crippen molar-refractivity contribution in [2.45, 2.75) is 37.5 Å². The molecule has 0 amide bonds. The van der Waals surface area contributed by atoms with E-state index in [9.17, 15) is 13.2 Å². The Morgan fingerprint density at radius 1 is 1.53 bits per heavy atom. The second kappa shape index (κ2) is 5.79. The Morgan fingerprint density at radius 3 is 2.71 bits per heavy atom. The van der Waals surface area contributed by atoms with Crippen LogP contribution in [0.2, 0.25) is 0 Å². The zero-order chi connectivity index (χ0) is 13.1. The van der Waals surface area contributed by atoms with E-state index in [2.05, 4.69) is 5.32 Å². The molecule has 0 aromatic carbocycles. The van der Waals surface area contributed by atoms with E-state index >= 15 is 0 Å². The van der Waals surface area contributed by atoms with Crippen molar-refractivity contribution in [3.63, 3.8) is 0 Å². The summed E-state index contributed by atoms with van der Waals surface area (Å²) in [5.74, 6) is -1.29. The Labute approximate surface area is 102 Å². The summed E-state index contributed by atoms with van der Waals surface area (Å²) < 4.78 is 25.6. The summed E-state index contributed by atoms with van der Waals surface area (Å²) in [5, 5.41) is 10.4. The molecule has 1 fully saturated rings. The largest absolute Gasteiger partial charge is 0.480 e. The molecule has 0 spiro atoms. The van der Waals surface area contributed by atoms with Crippen molar-refractivity contribution in [2.75, 3.05) is 20.1 Å². The number of nitrogens with zero attached hydrogens (tertiary/aromatic N) is 1. The molecule has 100 valence electrons. The molecule has 7 heteroatoms. The number of hydrogen-bond donors (Lipinski definition) is 2. The minimum atomic E-state index is -3.74. The van der Waals surface area contributed by atoms with Crippen LogP contribution in [0.1, 0.15) is 26.2 Å². The number of carboxylic acid groups (broad SMARTS) is 1. The first-order valence-electron chi connectivity index (χ1n) is 5.79. The molecule has 0 aromatic rings. The van der Waals surface area contributed by atoms with Crippen LogP contribution in [0.3, 0.4) is 0 Å². The van der Waals surface area contributed by atoms with Gasteiger partial charge in [-0.25, -0.2) is 8.42 Å². The van der Waals surface area contributed by atoms with Crippen LogP contribution in [0, 0.1) is 0 Å². The molecular weight excluding hydrogens is 244 g/mol. The van der Waals surface area contributed by atoms with Gasteiger partial charge in [-0.05, 0) is 26.8 Å². The maximum absolute atomic E-state index is 12.1. The molecule has 0 aromatic heterocycles. The molecule has 6 nitrogen and oxygen atoms in total. The third kappa shape index (κ3) is 3.17. The smallest absolute Gasteiger partial charge is 0.323 e. The minimum Gasteiger partial charge on any atom is -0.480 e. The van der Waals surface area contributed by atoms with E-state index in [4.69, 9.17) is 5.11 Å². The summed E-state index contributed by atoms with van der Waals surface area (Å²) in [4.78, 5) is 10.8. The summed E-state index contributed by atoms with van der Waals surface area (Å²) in [6.45, 7) is 2.21. The highest BCUT2D eigenvalue weighted by molar-refractivity contribution is 7.90. The van der Waals surface area contributed by atoms with Crippen LogP contribution in [-0.4, -0.2) is 55.2 Å². The van der Waals surface area contributed by atoms with Crippen LogP contribution < -0.4 is 5.32 Å². The van der Waals surface area contributed by atoms with Crippen molar-refractivity contribution in [1.82, 2.24) is 9.62 Å². The van der Waals surface area contributed by atoms with Gasteiger partial charge < -0.3 is 10.4 Å². The third-order valence-corrected chi connectivity index (χ3v) is 5.36. The lowest BCUT2D eigenvalue weighted by atomic mass is 10.1. The fourth-order valence-electron chi connectivity index (χ4n) is 2.08. The van der Waals surface area contributed by atoms with Gasteiger partial charge in [-0.3, -0.25) is 4.79 Å². The van der Waals surface area contributed by atoms with Crippen molar-refractivity contribution in [3.05, 3.63) is 0 Å². The van der Waals surface area contributed by atoms with Crippen LogP contribution in [-0.2, 0) is 14.8 Å². The molecule has 17 heavy (non-hydrogen) atoms. The van der Waals surface area contributed by atoms with Gasteiger partial charge in [0, 0.05) is 19.1 Å². The highest BCUT2D eigenvalue weighted by atomic mass is 32.2. The van der Waals surface area contributed by atoms with Gasteiger partial charge in [0.25, 0.3) is 0 Å². The summed E-state index contributed by atoms with van der Waals surface area (Å²) >= 11 is 0. The van der Waals surface area contributed by atoms with Gasteiger partial charge in [-0.1, -0.05) is 6.42 Å². The Morgan fingerprint density at radius 2 is 2.18 bits per heavy atom. The SMILES string of the molecule is CNCC1CCCCN1S(=O)(=O)C(C)C(=O)O. The molecule has 0 saturated carbocycles. The Balaban J connectivity index is 2.90. The first-order chi connectivity index (χ1) is 7.91. The van der Waals surface area contributed by atoms with Gasteiger partial charge in [0.2, 0.25) is 10.0 Å². The highest BCUT2D eigenvalue weighted by Gasteiger charge is 2.38. The zero-order valence-electron chi connectivity index (χ0n) is 10.2. The lowest BCUT2D eigenvalue weighted by molar-refractivity contribution is -0.136. The Hall–Kier alpha value is -0.660. The molecule has 0 aliphatic carbocycles. The van der Waals surface area contributed by atoms with Crippen LogP contribution in [0.15, 0.2) is 0 Å². The number of rotatable bonds is 5. The number of piperidine rings is 1. The number of carboxylic acids is 1. The van der Waals surface area contributed by atoms with E-state index in [1.54, 1.807) is 7.05 Å². The predicted molar refractivity (Wildman–Crippen MR) is 64.3 cm³/mol. The predicted octanol–water partition coefficient (Wildman–Crippen LogP) is -0.137. The summed E-state index contributed by atoms with van der Waals surface area (Å²) in [7, 11) is -1.97. The molecule has 1 rings (SSSR count). The van der Waals surface area contributed by atoms with Gasteiger partial charge in [0.15, 0.2) is 5.25 Å². The van der Waals surface area contributed by atoms with Crippen LogP contribution in [0.5, 0.6) is 0 Å². The maximum atomic E-state index is 12.1. The van der Waals surface area contributed by atoms with E-state index in [-0.39, 0.29) is 6.04 Å². The second-order valence-electron chi connectivity index (χ2n) is 4.34. The number of nitrogens with one attached hydrogen (secondary N) is 1. The second-order valence-corrected chi connectivity index (χ2v) is 6.55. The molecule has 0 radical (unpaired) electrons. The number of carbonyl (C=O) groups is 1. The quantitative estimate of drug-likeness (QED) is 0.722. The minimum absolute atomic E-state index is 0.124. The number of aliphatic carboxylic acids is 1. The summed E-state index contributed by atoms with van der Waals surface area (Å²) in [5.41, 5.74) is 0. The normalized spacial score (nSPS) is 24.5. The first-order valence-corrected chi connectivity index (χ1v) is 7.29. The van der Waals surface area contributed by atoms with Gasteiger partial charge in [0.05, 0.1) is 0 Å². The number of hydrogen-bond acceptors (Lipinski definition) is 4. The molecule has 1 aliphatic rings. The molecule has 2 atom stereocenters. The fraction of sp³-hybridized carbons (Fsp3) is 0.900. The van der Waals surface area contributed by atoms with Crippen molar-refractivity contribution in [3.8, 4) is 0 Å². The molecule has 0 bridgehead atoms. The van der Waals surface area contributed by atoms with Crippen molar-refractivity contribution < 1.29 is 18.3 Å². The molecule has 1 saturated heterocycles. The summed E-state index contributed by atoms with van der Waals surface area (Å²) in [6, 6.07) is -0.124. The average molecular weight is 264 g/mol. The molecule has 1 heterocycles. The molecular formula is C10H20N2O4S. The van der Waals surface area contributed by atoms with Gasteiger partial charge in [-0.2, -0.15) is 4.31 Å². The van der Waals surface area contributed by atoms with Crippen molar-refractivity contribution >= 4 is 16.0 Å². The number of likely N-dealkylation sites (N-methyl/N-ethyl adjacent to an activating group) is 1. The van der Waals surface area contributed by atoms with E-state index in [1.807, 2.05) is 0 Å². The lowest BCUT2D eigenvalue weighted by Gasteiger charge is -2.35. The fourth-order valence-corrected chi connectivity index (χ4v) is 3.72. The van der Waals surface area contributed by atoms with Crippen molar-refractivity contribution in [2.24, 2.45) is 0 Å². The highest BCUT2D eigenvalue weighted by Crippen LogP contribution is 2.22. The topological polar surface area (TPSA) is 86.7 Å². The Kier molecular flexibility index (Phi) is 4.91. The first kappa shape index (κ1) is 14.4. The standard InChI is InChI=1S/C10H20N2O4S/c1-8(10(13)14)17(15,16)12-6-4-3-5-9(12)7-11-2/h8-9,11H,3-7H2,1-2H3,(H,13,14). The molecule has 1 aliphatic heterocycles. The van der Waals surface area contributed by atoms with E-state index in [0.717, 1.165) is 19.3 Å². The van der Waals surface area contributed by atoms with E-state index in [0.29, 0.717) is 13.1 Å². The van der Waals surface area contributed by atoms with Gasteiger partial charge >= 0.3 is 5.97 Å². The molecule has 2 N–H and O–H groups in total. The van der Waals surface area contributed by atoms with Crippen LogP contribution >= 0.6 is 0 Å². The molecule has 2 unspecified atom stereocenters. The van der Waals surface area contributed by atoms with E-state index < -0.39 is 21.2 Å². The average Bonchev–Trinajstić information content (AvgIpc) is 2.29.